The summed E-state index contributed by atoms with van der Waals surface area (Å²) in [7, 11) is 0. The summed E-state index contributed by atoms with van der Waals surface area (Å²) in [6, 6.07) is -0.898. The van der Waals surface area contributed by atoms with Crippen molar-refractivity contribution in [1.29, 1.82) is 0 Å². The topological polar surface area (TPSA) is 108 Å². The van der Waals surface area contributed by atoms with Crippen molar-refractivity contribution in [3.8, 4) is 0 Å². The average Bonchev–Trinajstić information content (AvgIpc) is 2.33. The minimum Gasteiger partial charge on any atom is -0.464 e. The van der Waals surface area contributed by atoms with Gasteiger partial charge in [-0.15, -0.1) is 10.1 Å². The number of thiol groups is 1. The molecule has 0 rings (SSSR count). The van der Waals surface area contributed by atoms with Crippen molar-refractivity contribution in [3.63, 3.8) is 0 Å². The molecule has 0 heterocycles. The lowest BCUT2D eigenvalue weighted by molar-refractivity contribution is -0.760. The molecule has 0 radical (unpaired) electrons. The molecule has 0 fully saturated rings. The van der Waals surface area contributed by atoms with E-state index in [0.29, 0.717) is 0 Å². The molecule has 0 saturated carbocycles. The Morgan fingerprint density at radius 1 is 1.47 bits per heavy atom. The lowest BCUT2D eigenvalue weighted by Crippen LogP contribution is -2.49. The third-order valence-electron chi connectivity index (χ3n) is 2.20. The predicted octanol–water partition coefficient (Wildman–Crippen LogP) is 0.199. The summed E-state index contributed by atoms with van der Waals surface area (Å²) in [5, 5.41) is 11.6. The maximum atomic E-state index is 11.9. The van der Waals surface area contributed by atoms with E-state index in [2.05, 4.69) is 22.8 Å². The summed E-state index contributed by atoms with van der Waals surface area (Å²) in [6.07, 6.45) is 0. The quantitative estimate of drug-likeness (QED) is 0.286. The van der Waals surface area contributed by atoms with E-state index in [4.69, 9.17) is 4.74 Å². The first-order valence-electron chi connectivity index (χ1n) is 5.60. The molecule has 0 spiro atoms. The first-order valence-corrected chi connectivity index (χ1v) is 6.23. The van der Waals surface area contributed by atoms with Crippen LogP contribution in [0.4, 0.5) is 0 Å². The third-order valence-corrected chi connectivity index (χ3v) is 2.57. The highest BCUT2D eigenvalue weighted by Crippen LogP contribution is 2.16. The van der Waals surface area contributed by atoms with Crippen LogP contribution in [0.25, 0.3) is 0 Å². The largest absolute Gasteiger partial charge is 0.464 e. The number of ether oxygens (including phenoxy) is 1. The summed E-state index contributed by atoms with van der Waals surface area (Å²) in [6.45, 7) is 4.35. The standard InChI is InChI=1S/C10H18N2O6S/c1-4-17-8(13)7(5-19)11-9(14)10(2,3)6-18-12(15)16/h7,19H,4-6H2,1-3H3,(H,11,14). The summed E-state index contributed by atoms with van der Waals surface area (Å²) in [4.78, 5) is 37.7. The highest BCUT2D eigenvalue weighted by molar-refractivity contribution is 7.80. The molecule has 1 unspecified atom stereocenters. The zero-order valence-corrected chi connectivity index (χ0v) is 11.9. The van der Waals surface area contributed by atoms with Gasteiger partial charge in [-0.3, -0.25) is 4.79 Å². The van der Waals surface area contributed by atoms with Crippen LogP contribution >= 0.6 is 12.6 Å². The summed E-state index contributed by atoms with van der Waals surface area (Å²) in [5.41, 5.74) is -1.15. The van der Waals surface area contributed by atoms with Crippen molar-refractivity contribution in [2.45, 2.75) is 26.8 Å². The van der Waals surface area contributed by atoms with Gasteiger partial charge in [0, 0.05) is 5.75 Å². The van der Waals surface area contributed by atoms with E-state index < -0.39 is 35.0 Å². The van der Waals surface area contributed by atoms with Crippen molar-refractivity contribution in [2.75, 3.05) is 19.0 Å². The first kappa shape index (κ1) is 17.5. The number of carbonyl (C=O) groups is 2. The van der Waals surface area contributed by atoms with Gasteiger partial charge in [-0.1, -0.05) is 0 Å². The number of carbonyl (C=O) groups excluding carboxylic acids is 2. The van der Waals surface area contributed by atoms with Crippen LogP contribution in [0.15, 0.2) is 0 Å². The molecule has 1 N–H and O–H groups in total. The van der Waals surface area contributed by atoms with Crippen LogP contribution < -0.4 is 5.32 Å². The van der Waals surface area contributed by atoms with E-state index in [1.165, 1.54) is 13.8 Å². The highest BCUT2D eigenvalue weighted by atomic mass is 32.1. The number of hydrogen-bond acceptors (Lipinski definition) is 7. The Kier molecular flexibility index (Phi) is 7.20. The SMILES string of the molecule is CCOC(=O)C(CS)NC(=O)C(C)(C)CO[N+](=O)[O-]. The molecule has 8 nitrogen and oxygen atoms in total. The minimum absolute atomic E-state index is 0.0662. The van der Waals surface area contributed by atoms with E-state index in [1.54, 1.807) is 6.92 Å². The molecule has 1 amide bonds. The number of amides is 1. The van der Waals surface area contributed by atoms with Gasteiger partial charge in [-0.2, -0.15) is 12.6 Å². The van der Waals surface area contributed by atoms with Gasteiger partial charge in [-0.25, -0.2) is 4.79 Å². The van der Waals surface area contributed by atoms with Crippen LogP contribution in [0.5, 0.6) is 0 Å². The molecule has 110 valence electrons. The van der Waals surface area contributed by atoms with Gasteiger partial charge in [0.05, 0.1) is 12.0 Å². The molecule has 0 aromatic heterocycles. The van der Waals surface area contributed by atoms with Crippen LogP contribution in [0.1, 0.15) is 20.8 Å². The Morgan fingerprint density at radius 2 is 2.05 bits per heavy atom. The maximum Gasteiger partial charge on any atom is 0.329 e. The van der Waals surface area contributed by atoms with Gasteiger partial charge in [-0.05, 0) is 20.8 Å². The molecule has 0 bridgehead atoms. The number of hydrogen-bond donors (Lipinski definition) is 2. The Labute approximate surface area is 116 Å². The zero-order valence-electron chi connectivity index (χ0n) is 11.0. The fraction of sp³-hybridized carbons (Fsp3) is 0.800. The molecule has 0 saturated heterocycles. The summed E-state index contributed by atoms with van der Waals surface area (Å²) < 4.78 is 4.76. The van der Waals surface area contributed by atoms with Crippen LogP contribution in [0.3, 0.4) is 0 Å². The smallest absolute Gasteiger partial charge is 0.329 e. The van der Waals surface area contributed by atoms with Crippen LogP contribution in [-0.2, 0) is 19.2 Å². The van der Waals surface area contributed by atoms with Gasteiger partial charge in [0.1, 0.15) is 12.6 Å². The minimum atomic E-state index is -1.15. The van der Waals surface area contributed by atoms with E-state index in [0.717, 1.165) is 0 Å². The molecule has 0 aromatic rings. The highest BCUT2D eigenvalue weighted by Gasteiger charge is 2.32. The zero-order chi connectivity index (χ0) is 15.1. The van der Waals surface area contributed by atoms with Crippen LogP contribution in [-0.4, -0.2) is 42.0 Å². The lowest BCUT2D eigenvalue weighted by Gasteiger charge is -2.24. The average molecular weight is 294 g/mol. The fourth-order valence-corrected chi connectivity index (χ4v) is 1.30. The normalized spacial score (nSPS) is 12.4. The Balaban J connectivity index is 4.54. The van der Waals surface area contributed by atoms with Crippen molar-refractivity contribution in [1.82, 2.24) is 5.32 Å². The summed E-state index contributed by atoms with van der Waals surface area (Å²) >= 11 is 3.95. The van der Waals surface area contributed by atoms with E-state index in [1.807, 2.05) is 0 Å². The molecule has 1 atom stereocenters. The van der Waals surface area contributed by atoms with Crippen molar-refractivity contribution >= 4 is 24.5 Å². The number of esters is 1. The fourth-order valence-electron chi connectivity index (χ4n) is 1.06. The van der Waals surface area contributed by atoms with Gasteiger partial charge in [0.2, 0.25) is 5.91 Å². The van der Waals surface area contributed by atoms with Gasteiger partial charge in [0.15, 0.2) is 0 Å². The molecule has 0 aliphatic carbocycles. The number of nitrogens with one attached hydrogen (secondary N) is 1. The van der Waals surface area contributed by atoms with E-state index in [-0.39, 0.29) is 12.4 Å². The number of nitrogens with zero attached hydrogens (tertiary/aromatic N) is 1. The molecule has 19 heavy (non-hydrogen) atoms. The summed E-state index contributed by atoms with van der Waals surface area (Å²) in [5.74, 6) is -1.09. The Hall–Kier alpha value is -1.51. The maximum absolute atomic E-state index is 11.9. The van der Waals surface area contributed by atoms with Crippen molar-refractivity contribution < 1.29 is 24.3 Å². The molecule has 0 aromatic carbocycles. The Bertz CT molecular complexity index is 347. The van der Waals surface area contributed by atoms with Crippen LogP contribution in [0, 0.1) is 15.5 Å². The monoisotopic (exact) mass is 294 g/mol. The second-order valence-corrected chi connectivity index (χ2v) is 4.71. The van der Waals surface area contributed by atoms with Gasteiger partial charge < -0.3 is 14.9 Å². The molecular weight excluding hydrogens is 276 g/mol. The van der Waals surface area contributed by atoms with Crippen LogP contribution in [0.2, 0.25) is 0 Å². The van der Waals surface area contributed by atoms with Crippen molar-refractivity contribution in [3.05, 3.63) is 10.1 Å². The molecular formula is C10H18N2O6S. The Morgan fingerprint density at radius 3 is 2.47 bits per heavy atom. The molecule has 0 aliphatic rings. The second-order valence-electron chi connectivity index (χ2n) is 4.34. The molecule has 9 heteroatoms. The third kappa shape index (κ3) is 6.27. The van der Waals surface area contributed by atoms with Gasteiger partial charge in [0.25, 0.3) is 5.09 Å². The number of rotatable bonds is 8. The first-order chi connectivity index (χ1) is 8.74. The van der Waals surface area contributed by atoms with E-state index in [9.17, 15) is 19.7 Å². The lowest BCUT2D eigenvalue weighted by atomic mass is 9.93. The molecule has 0 aliphatic heterocycles. The predicted molar refractivity (Wildman–Crippen MR) is 69.1 cm³/mol. The van der Waals surface area contributed by atoms with Crippen molar-refractivity contribution in [2.24, 2.45) is 5.41 Å². The van der Waals surface area contributed by atoms with E-state index >= 15 is 0 Å². The van der Waals surface area contributed by atoms with Gasteiger partial charge >= 0.3 is 5.97 Å². The second kappa shape index (κ2) is 7.82.